The van der Waals surface area contributed by atoms with Crippen LogP contribution >= 0.6 is 0 Å². The standard InChI is InChI=1S/C32H30/c1-19-7-13-27-28-14-8-20(2)16-30(28)32(26-12-10-22(4)24(6)18-26)31(29(27)15-19)25-11-9-21(3)23(5)17-25/h7-18H,1-6H3. The van der Waals surface area contributed by atoms with Crippen LogP contribution in [0.2, 0.25) is 0 Å². The second-order valence-electron chi connectivity index (χ2n) is 9.45. The predicted molar refractivity (Wildman–Crippen MR) is 141 cm³/mol. The summed E-state index contributed by atoms with van der Waals surface area (Å²) in [5, 5.41) is 5.31. The number of benzene rings is 5. The lowest BCUT2D eigenvalue weighted by Crippen LogP contribution is -1.94. The molecule has 158 valence electrons. The molecular formula is C32H30. The van der Waals surface area contributed by atoms with E-state index >= 15 is 0 Å². The molecule has 0 aliphatic carbocycles. The van der Waals surface area contributed by atoms with E-state index in [1.807, 2.05) is 0 Å². The zero-order valence-corrected chi connectivity index (χ0v) is 19.9. The van der Waals surface area contributed by atoms with Gasteiger partial charge in [-0.2, -0.15) is 0 Å². The highest BCUT2D eigenvalue weighted by atomic mass is 14.2. The van der Waals surface area contributed by atoms with Gasteiger partial charge in [0.15, 0.2) is 0 Å². The number of fused-ring (bicyclic) bond motifs is 3. The molecule has 5 rings (SSSR count). The molecule has 0 fully saturated rings. The first-order chi connectivity index (χ1) is 15.3. The van der Waals surface area contributed by atoms with E-state index in [-0.39, 0.29) is 0 Å². The first-order valence-electron chi connectivity index (χ1n) is 11.5. The highest BCUT2D eigenvalue weighted by Crippen LogP contribution is 2.45. The normalized spacial score (nSPS) is 11.4. The lowest BCUT2D eigenvalue weighted by molar-refractivity contribution is 1.34. The summed E-state index contributed by atoms with van der Waals surface area (Å²) >= 11 is 0. The largest absolute Gasteiger partial charge is 0.0587 e. The molecule has 0 heteroatoms. The van der Waals surface area contributed by atoms with E-state index in [1.54, 1.807) is 0 Å². The van der Waals surface area contributed by atoms with Crippen molar-refractivity contribution in [3.05, 3.63) is 106 Å². The molecule has 0 aromatic heterocycles. The van der Waals surface area contributed by atoms with Crippen LogP contribution < -0.4 is 0 Å². The maximum absolute atomic E-state index is 2.36. The Morgan fingerprint density at radius 3 is 1.12 bits per heavy atom. The smallest absolute Gasteiger partial charge is 0.00201 e. The van der Waals surface area contributed by atoms with Gasteiger partial charge in [0.05, 0.1) is 0 Å². The van der Waals surface area contributed by atoms with Gasteiger partial charge in [-0.05, 0) is 108 Å². The molecule has 0 heterocycles. The molecule has 5 aromatic rings. The van der Waals surface area contributed by atoms with Crippen LogP contribution in [0.3, 0.4) is 0 Å². The minimum Gasteiger partial charge on any atom is -0.0587 e. The molecule has 0 saturated heterocycles. The molecule has 32 heavy (non-hydrogen) atoms. The molecule has 0 atom stereocenters. The average Bonchev–Trinajstić information content (AvgIpc) is 2.76. The zero-order valence-electron chi connectivity index (χ0n) is 19.9. The van der Waals surface area contributed by atoms with Crippen LogP contribution in [0.25, 0.3) is 43.8 Å². The van der Waals surface area contributed by atoms with E-state index in [1.165, 1.54) is 77.2 Å². The first-order valence-corrected chi connectivity index (χ1v) is 11.5. The SMILES string of the molecule is Cc1ccc2c(c1)c(-c1ccc(C)c(C)c1)c(-c1ccc(C)c(C)c1)c1cc(C)ccc12. The molecule has 0 spiro atoms. The lowest BCUT2D eigenvalue weighted by atomic mass is 9.83. The van der Waals surface area contributed by atoms with Crippen molar-refractivity contribution in [1.29, 1.82) is 0 Å². The summed E-state index contributed by atoms with van der Waals surface area (Å²) in [5.74, 6) is 0. The van der Waals surface area contributed by atoms with Gasteiger partial charge >= 0.3 is 0 Å². The van der Waals surface area contributed by atoms with Gasteiger partial charge in [-0.15, -0.1) is 0 Å². The molecule has 0 bridgehead atoms. The average molecular weight is 415 g/mol. The summed E-state index contributed by atoms with van der Waals surface area (Å²) in [6.45, 7) is 13.2. The topological polar surface area (TPSA) is 0 Å². The fourth-order valence-corrected chi connectivity index (χ4v) is 4.86. The Hall–Kier alpha value is -3.38. The fraction of sp³-hybridized carbons (Fsp3) is 0.188. The van der Waals surface area contributed by atoms with Crippen molar-refractivity contribution in [3.8, 4) is 22.3 Å². The Labute approximate surface area is 191 Å². The monoisotopic (exact) mass is 414 g/mol. The van der Waals surface area contributed by atoms with Gasteiger partial charge in [0, 0.05) is 0 Å². The van der Waals surface area contributed by atoms with Crippen molar-refractivity contribution in [2.75, 3.05) is 0 Å². The highest BCUT2D eigenvalue weighted by Gasteiger charge is 2.18. The Morgan fingerprint density at radius 2 is 0.750 bits per heavy atom. The van der Waals surface area contributed by atoms with Gasteiger partial charge < -0.3 is 0 Å². The van der Waals surface area contributed by atoms with Crippen LogP contribution in [0.4, 0.5) is 0 Å². The van der Waals surface area contributed by atoms with Crippen molar-refractivity contribution in [1.82, 2.24) is 0 Å². The molecule has 0 amide bonds. The predicted octanol–water partition coefficient (Wildman–Crippen LogP) is 9.18. The number of hydrogen-bond donors (Lipinski definition) is 0. The third-order valence-corrected chi connectivity index (χ3v) is 7.02. The summed E-state index contributed by atoms with van der Waals surface area (Å²) < 4.78 is 0. The van der Waals surface area contributed by atoms with Crippen LogP contribution in [0.15, 0.2) is 72.8 Å². The Kier molecular flexibility index (Phi) is 4.90. The zero-order chi connectivity index (χ0) is 22.6. The van der Waals surface area contributed by atoms with E-state index in [0.29, 0.717) is 0 Å². The van der Waals surface area contributed by atoms with Gasteiger partial charge in [-0.1, -0.05) is 83.9 Å². The quantitative estimate of drug-likeness (QED) is 0.253. The molecule has 0 radical (unpaired) electrons. The molecule has 5 aromatic carbocycles. The Balaban J connectivity index is 2.05. The van der Waals surface area contributed by atoms with Gasteiger partial charge in [0.1, 0.15) is 0 Å². The van der Waals surface area contributed by atoms with Gasteiger partial charge in [0.25, 0.3) is 0 Å². The van der Waals surface area contributed by atoms with Crippen molar-refractivity contribution in [2.24, 2.45) is 0 Å². The van der Waals surface area contributed by atoms with E-state index in [4.69, 9.17) is 0 Å². The van der Waals surface area contributed by atoms with Gasteiger partial charge in [0.2, 0.25) is 0 Å². The van der Waals surface area contributed by atoms with Crippen molar-refractivity contribution in [2.45, 2.75) is 41.5 Å². The molecule has 0 nitrogen and oxygen atoms in total. The molecule has 0 aliphatic heterocycles. The highest BCUT2D eigenvalue weighted by molar-refractivity contribution is 6.21. The Bertz CT molecular complexity index is 1400. The second kappa shape index (κ2) is 7.64. The van der Waals surface area contributed by atoms with Crippen molar-refractivity contribution in [3.63, 3.8) is 0 Å². The van der Waals surface area contributed by atoms with E-state index in [0.717, 1.165) is 0 Å². The molecular weight excluding hydrogens is 384 g/mol. The van der Waals surface area contributed by atoms with Crippen LogP contribution in [0.1, 0.15) is 33.4 Å². The van der Waals surface area contributed by atoms with Gasteiger partial charge in [-0.3, -0.25) is 0 Å². The Morgan fingerprint density at radius 1 is 0.344 bits per heavy atom. The van der Waals surface area contributed by atoms with Crippen molar-refractivity contribution >= 4 is 21.5 Å². The van der Waals surface area contributed by atoms with E-state index in [2.05, 4.69) is 114 Å². The number of aryl methyl sites for hydroxylation is 6. The summed E-state index contributed by atoms with van der Waals surface area (Å²) in [5.41, 5.74) is 13.2. The van der Waals surface area contributed by atoms with Crippen molar-refractivity contribution < 1.29 is 0 Å². The van der Waals surface area contributed by atoms with Gasteiger partial charge in [-0.25, -0.2) is 0 Å². The second-order valence-corrected chi connectivity index (χ2v) is 9.45. The number of rotatable bonds is 2. The molecule has 0 aliphatic rings. The minimum atomic E-state index is 1.29. The number of hydrogen-bond acceptors (Lipinski definition) is 0. The minimum absolute atomic E-state index is 1.29. The summed E-state index contributed by atoms with van der Waals surface area (Å²) in [7, 11) is 0. The molecule has 0 N–H and O–H groups in total. The maximum Gasteiger partial charge on any atom is -0.00201 e. The summed E-state index contributed by atoms with van der Waals surface area (Å²) in [6.07, 6.45) is 0. The third kappa shape index (κ3) is 3.31. The third-order valence-electron chi connectivity index (χ3n) is 7.02. The molecule has 0 saturated carbocycles. The summed E-state index contributed by atoms with van der Waals surface area (Å²) in [4.78, 5) is 0. The lowest BCUT2D eigenvalue weighted by Gasteiger charge is -2.20. The van der Waals surface area contributed by atoms with E-state index in [9.17, 15) is 0 Å². The first kappa shape index (κ1) is 20.5. The molecule has 0 unspecified atom stereocenters. The van der Waals surface area contributed by atoms with Crippen LogP contribution in [0.5, 0.6) is 0 Å². The van der Waals surface area contributed by atoms with Crippen LogP contribution in [-0.4, -0.2) is 0 Å². The summed E-state index contributed by atoms with van der Waals surface area (Å²) in [6, 6.07) is 27.6. The van der Waals surface area contributed by atoms with E-state index < -0.39 is 0 Å². The van der Waals surface area contributed by atoms with Crippen LogP contribution in [0, 0.1) is 41.5 Å². The maximum atomic E-state index is 2.36. The fourth-order valence-electron chi connectivity index (χ4n) is 4.86. The van der Waals surface area contributed by atoms with Crippen LogP contribution in [-0.2, 0) is 0 Å².